The number of halogens is 1. The van der Waals surface area contributed by atoms with Gasteiger partial charge >= 0.3 is 0 Å². The van der Waals surface area contributed by atoms with Crippen molar-refractivity contribution in [3.63, 3.8) is 0 Å². The number of nitrogens with two attached hydrogens (primary N) is 1. The molecule has 2 amide bonds. The fourth-order valence-electron chi connectivity index (χ4n) is 1.71. The molecular formula is C15H16FN3O2S. The van der Waals surface area contributed by atoms with E-state index in [4.69, 9.17) is 5.73 Å². The summed E-state index contributed by atoms with van der Waals surface area (Å²) >= 11 is 1.29. The minimum absolute atomic E-state index is 0.141. The van der Waals surface area contributed by atoms with Crippen LogP contribution in [0.3, 0.4) is 0 Å². The molecule has 1 aromatic heterocycles. The fourth-order valence-corrected chi connectivity index (χ4v) is 2.58. The minimum Gasteiger partial charge on any atom is -0.366 e. The van der Waals surface area contributed by atoms with Crippen molar-refractivity contribution in [2.75, 3.05) is 5.32 Å². The maximum atomic E-state index is 13.4. The predicted octanol–water partition coefficient (Wildman–Crippen LogP) is 2.93. The molecule has 116 valence electrons. The lowest BCUT2D eigenvalue weighted by Gasteiger charge is -2.13. The highest BCUT2D eigenvalue weighted by Gasteiger charge is 2.20. The average Bonchev–Trinajstić information content (AvgIpc) is 2.90. The summed E-state index contributed by atoms with van der Waals surface area (Å²) in [4.78, 5) is 27.9. The van der Waals surface area contributed by atoms with Crippen LogP contribution in [-0.2, 0) is 5.41 Å². The first-order chi connectivity index (χ1) is 10.2. The maximum Gasteiger partial charge on any atom is 0.267 e. The highest BCUT2D eigenvalue weighted by molar-refractivity contribution is 7.13. The Kier molecular flexibility index (Phi) is 4.27. The lowest BCUT2D eigenvalue weighted by atomic mass is 9.98. The van der Waals surface area contributed by atoms with Gasteiger partial charge in [-0.2, -0.15) is 0 Å². The third kappa shape index (κ3) is 3.48. The summed E-state index contributed by atoms with van der Waals surface area (Å²) < 4.78 is 13.4. The molecule has 1 aromatic carbocycles. The second kappa shape index (κ2) is 5.84. The molecule has 0 aliphatic rings. The van der Waals surface area contributed by atoms with Crippen molar-refractivity contribution in [2.24, 2.45) is 5.73 Å². The number of anilines is 1. The number of hydrogen-bond acceptors (Lipinski definition) is 4. The topological polar surface area (TPSA) is 85.1 Å². The van der Waals surface area contributed by atoms with Crippen LogP contribution in [0.4, 0.5) is 10.1 Å². The Morgan fingerprint density at radius 3 is 2.55 bits per heavy atom. The lowest BCUT2D eigenvalue weighted by Crippen LogP contribution is -2.15. The molecule has 0 atom stereocenters. The normalized spacial score (nSPS) is 11.3. The number of primary amides is 1. The summed E-state index contributed by atoms with van der Waals surface area (Å²) in [5.74, 6) is -1.98. The van der Waals surface area contributed by atoms with Gasteiger partial charge in [-0.25, -0.2) is 9.37 Å². The molecule has 7 heteroatoms. The Balaban J connectivity index is 2.20. The molecule has 0 spiro atoms. The third-order valence-corrected chi connectivity index (χ3v) is 4.28. The lowest BCUT2D eigenvalue weighted by molar-refractivity contribution is 0.0993. The summed E-state index contributed by atoms with van der Waals surface area (Å²) in [5, 5.41) is 3.44. The average molecular weight is 321 g/mol. The first-order valence-electron chi connectivity index (χ1n) is 6.55. The molecule has 22 heavy (non-hydrogen) atoms. The fraction of sp³-hybridized carbons (Fsp3) is 0.267. The molecule has 3 N–H and O–H groups in total. The number of aromatic nitrogens is 1. The van der Waals surface area contributed by atoms with Crippen molar-refractivity contribution in [3.8, 4) is 0 Å². The van der Waals surface area contributed by atoms with Crippen LogP contribution in [-0.4, -0.2) is 16.8 Å². The standard InChI is InChI=1S/C15H16FN3O2S/c1-15(2,3)14-18-7-11(22-14)13(21)19-8-4-5-10(16)9(6-8)12(17)20/h4-7H,1-3H3,(H2,17,20)(H,19,21). The number of nitrogens with zero attached hydrogens (tertiary/aromatic N) is 1. The zero-order valence-corrected chi connectivity index (χ0v) is 13.3. The van der Waals surface area contributed by atoms with Crippen LogP contribution in [0, 0.1) is 5.82 Å². The van der Waals surface area contributed by atoms with E-state index in [0.717, 1.165) is 11.1 Å². The molecule has 0 saturated carbocycles. The van der Waals surface area contributed by atoms with Crippen LogP contribution in [0.15, 0.2) is 24.4 Å². The van der Waals surface area contributed by atoms with Crippen molar-refractivity contribution in [2.45, 2.75) is 26.2 Å². The largest absolute Gasteiger partial charge is 0.366 e. The molecule has 0 saturated heterocycles. The molecular weight excluding hydrogens is 305 g/mol. The molecule has 5 nitrogen and oxygen atoms in total. The van der Waals surface area contributed by atoms with E-state index in [1.54, 1.807) is 0 Å². The summed E-state index contributed by atoms with van der Waals surface area (Å²) in [6, 6.07) is 3.66. The molecule has 0 radical (unpaired) electrons. The van der Waals surface area contributed by atoms with Gasteiger partial charge in [0.05, 0.1) is 16.8 Å². The van der Waals surface area contributed by atoms with Gasteiger partial charge in [-0.1, -0.05) is 20.8 Å². The number of rotatable bonds is 3. The summed E-state index contributed by atoms with van der Waals surface area (Å²) in [6.07, 6.45) is 1.50. The highest BCUT2D eigenvalue weighted by Crippen LogP contribution is 2.27. The van der Waals surface area contributed by atoms with Gasteiger partial charge in [0.15, 0.2) is 0 Å². The maximum absolute atomic E-state index is 13.4. The van der Waals surface area contributed by atoms with Gasteiger partial charge in [0.1, 0.15) is 10.7 Å². The molecule has 0 aliphatic carbocycles. The van der Waals surface area contributed by atoms with Gasteiger partial charge in [-0.15, -0.1) is 11.3 Å². The molecule has 0 aliphatic heterocycles. The predicted molar refractivity (Wildman–Crippen MR) is 83.7 cm³/mol. The Morgan fingerprint density at radius 2 is 2.00 bits per heavy atom. The van der Waals surface area contributed by atoms with Crippen LogP contribution in [0.25, 0.3) is 0 Å². The third-order valence-electron chi connectivity index (χ3n) is 2.86. The van der Waals surface area contributed by atoms with Crippen molar-refractivity contribution in [3.05, 3.63) is 45.7 Å². The molecule has 1 heterocycles. The van der Waals surface area contributed by atoms with E-state index < -0.39 is 11.7 Å². The summed E-state index contributed by atoms with van der Waals surface area (Å²) in [7, 11) is 0. The number of carbonyl (C=O) groups excluding carboxylic acids is 2. The van der Waals surface area contributed by atoms with E-state index >= 15 is 0 Å². The second-order valence-electron chi connectivity index (χ2n) is 5.79. The smallest absolute Gasteiger partial charge is 0.267 e. The van der Waals surface area contributed by atoms with Crippen LogP contribution >= 0.6 is 11.3 Å². The van der Waals surface area contributed by atoms with Gasteiger partial charge < -0.3 is 11.1 Å². The monoisotopic (exact) mass is 321 g/mol. The van der Waals surface area contributed by atoms with Crippen molar-refractivity contribution < 1.29 is 14.0 Å². The first kappa shape index (κ1) is 16.1. The van der Waals surface area contributed by atoms with Gasteiger partial charge in [-0.05, 0) is 18.2 Å². The van der Waals surface area contributed by atoms with Gasteiger partial charge in [0, 0.05) is 11.1 Å². The Hall–Kier alpha value is -2.28. The van der Waals surface area contributed by atoms with Crippen molar-refractivity contribution in [1.82, 2.24) is 4.98 Å². The van der Waals surface area contributed by atoms with E-state index in [1.165, 1.54) is 29.7 Å². The van der Waals surface area contributed by atoms with Crippen molar-refractivity contribution >= 4 is 28.8 Å². The summed E-state index contributed by atoms with van der Waals surface area (Å²) in [5.41, 5.74) is 4.97. The second-order valence-corrected chi connectivity index (χ2v) is 6.82. The van der Waals surface area contributed by atoms with E-state index in [9.17, 15) is 14.0 Å². The molecule has 2 rings (SSSR count). The molecule has 0 bridgehead atoms. The Bertz CT molecular complexity index is 735. The van der Waals surface area contributed by atoms with E-state index in [-0.39, 0.29) is 16.9 Å². The number of amides is 2. The Labute approximate surface area is 131 Å². The summed E-state index contributed by atoms with van der Waals surface area (Å²) in [6.45, 7) is 6.02. The Morgan fingerprint density at radius 1 is 1.32 bits per heavy atom. The molecule has 0 unspecified atom stereocenters. The zero-order valence-electron chi connectivity index (χ0n) is 12.4. The van der Waals surface area contributed by atoms with E-state index in [1.807, 2.05) is 20.8 Å². The molecule has 0 fully saturated rings. The van der Waals surface area contributed by atoms with Crippen LogP contribution in [0.2, 0.25) is 0 Å². The van der Waals surface area contributed by atoms with Crippen LogP contribution in [0.5, 0.6) is 0 Å². The van der Waals surface area contributed by atoms with Crippen LogP contribution < -0.4 is 11.1 Å². The first-order valence-corrected chi connectivity index (χ1v) is 7.37. The zero-order chi connectivity index (χ0) is 16.5. The van der Waals surface area contributed by atoms with Gasteiger partial charge in [-0.3, -0.25) is 9.59 Å². The SMILES string of the molecule is CC(C)(C)c1ncc(C(=O)Nc2ccc(F)c(C(N)=O)c2)s1. The van der Waals surface area contributed by atoms with Gasteiger partial charge in [0.2, 0.25) is 0 Å². The number of carbonyl (C=O) groups is 2. The van der Waals surface area contributed by atoms with Crippen molar-refractivity contribution in [1.29, 1.82) is 0 Å². The number of hydrogen-bond donors (Lipinski definition) is 2. The van der Waals surface area contributed by atoms with Crippen LogP contribution in [0.1, 0.15) is 45.8 Å². The highest BCUT2D eigenvalue weighted by atomic mass is 32.1. The van der Waals surface area contributed by atoms with E-state index in [0.29, 0.717) is 10.6 Å². The quantitative estimate of drug-likeness (QED) is 0.911. The number of thiazole rings is 1. The number of nitrogens with one attached hydrogen (secondary N) is 1. The number of benzene rings is 1. The van der Waals surface area contributed by atoms with Gasteiger partial charge in [0.25, 0.3) is 11.8 Å². The minimum atomic E-state index is -0.888. The molecule has 2 aromatic rings. The van der Waals surface area contributed by atoms with E-state index in [2.05, 4.69) is 10.3 Å².